The highest BCUT2D eigenvalue weighted by Crippen LogP contribution is 2.51. The molecule has 3 aromatic carbocycles. The lowest BCUT2D eigenvalue weighted by Crippen LogP contribution is -2.39. The summed E-state index contributed by atoms with van der Waals surface area (Å²) in [4.78, 5) is 24.1. The summed E-state index contributed by atoms with van der Waals surface area (Å²) in [5.74, 6) is 1.87. The van der Waals surface area contributed by atoms with Gasteiger partial charge >= 0.3 is 0 Å². The average molecular weight is 893 g/mol. The minimum atomic E-state index is -1.66. The highest BCUT2D eigenvalue weighted by molar-refractivity contribution is 7.44. The van der Waals surface area contributed by atoms with Crippen LogP contribution >= 0.6 is 8.53 Å². The Morgan fingerprint density at radius 1 is 0.769 bits per heavy atom. The molecule has 0 spiro atoms. The molecule has 1 unspecified atom stereocenters. The van der Waals surface area contributed by atoms with Crippen LogP contribution in [-0.4, -0.2) is 85.9 Å². The zero-order valence-electron chi connectivity index (χ0n) is 37.4. The number of methoxy groups -OCH3 is 2. The Morgan fingerprint density at radius 3 is 1.94 bits per heavy atom. The fraction of sp³-hybridized carbons (Fsp3) is 0.320. The summed E-state index contributed by atoms with van der Waals surface area (Å²) in [5, 5.41) is 9.51. The van der Waals surface area contributed by atoms with Crippen LogP contribution < -0.4 is 9.47 Å². The number of imidazole rings is 1. The van der Waals surface area contributed by atoms with Crippen molar-refractivity contribution < 1.29 is 28.0 Å². The number of pyridine rings is 2. The Hall–Kier alpha value is -6.17. The number of fused-ring (bicyclic) bond motifs is 1. The second kappa shape index (κ2) is 20.8. The summed E-state index contributed by atoms with van der Waals surface area (Å²) in [6.07, 6.45) is 4.04. The van der Waals surface area contributed by atoms with Crippen LogP contribution in [0.5, 0.6) is 11.5 Å². The molecule has 0 saturated carbocycles. The average Bonchev–Trinajstić information content (AvgIpc) is 3.96. The van der Waals surface area contributed by atoms with E-state index in [4.69, 9.17) is 42.9 Å². The standard InChI is InChI=1S/C50H53N8O6P/c1-34(2)58(35(3)4)65(62-30-14-27-51)64-43-31-45(57-33-54-47-46(41-17-10-12-28-52-41)55-48(56-49(47)57)42-18-11-13-29-53-42)63-44(43)32-61-50(36-15-8-7-9-16-36,37-19-23-39(59-5)24-20-37)38-21-25-40(60-6)26-22-38/h7-13,15-26,28-29,33-35,43-45H,14,30-32H2,1-6H3/t43-,44+,45+,65?/m0/s1. The van der Waals surface area contributed by atoms with Gasteiger partial charge < -0.3 is 28.0 Å². The second-order valence-electron chi connectivity index (χ2n) is 16.0. The molecule has 0 radical (unpaired) electrons. The maximum atomic E-state index is 9.51. The number of hydrogen-bond acceptors (Lipinski definition) is 13. The van der Waals surface area contributed by atoms with Gasteiger partial charge in [-0.3, -0.25) is 14.5 Å². The van der Waals surface area contributed by atoms with Crippen molar-refractivity contribution in [2.24, 2.45) is 0 Å². The van der Waals surface area contributed by atoms with E-state index in [1.165, 1.54) is 0 Å². The number of rotatable bonds is 19. The van der Waals surface area contributed by atoms with Gasteiger partial charge in [-0.25, -0.2) is 19.6 Å². The largest absolute Gasteiger partial charge is 0.497 e. The second-order valence-corrected chi connectivity index (χ2v) is 17.4. The maximum absolute atomic E-state index is 9.51. The molecule has 8 rings (SSSR count). The summed E-state index contributed by atoms with van der Waals surface area (Å²) in [7, 11) is 1.64. The van der Waals surface area contributed by atoms with Gasteiger partial charge in [-0.1, -0.05) is 66.7 Å². The smallest absolute Gasteiger partial charge is 0.259 e. The molecule has 0 N–H and O–H groups in total. The number of ether oxygens (including phenoxy) is 4. The van der Waals surface area contributed by atoms with Crippen LogP contribution in [-0.2, 0) is 24.1 Å². The Bertz CT molecular complexity index is 2590. The molecule has 1 fully saturated rings. The van der Waals surface area contributed by atoms with Gasteiger partial charge in [0.15, 0.2) is 11.5 Å². The quantitative estimate of drug-likeness (QED) is 0.0431. The molecule has 334 valence electrons. The molecule has 0 bridgehead atoms. The van der Waals surface area contributed by atoms with Crippen LogP contribution in [0.2, 0.25) is 0 Å². The third kappa shape index (κ3) is 9.77. The van der Waals surface area contributed by atoms with Crippen molar-refractivity contribution in [1.29, 1.82) is 5.26 Å². The summed E-state index contributed by atoms with van der Waals surface area (Å²) >= 11 is 0. The molecule has 1 saturated heterocycles. The molecule has 0 amide bonds. The monoisotopic (exact) mass is 892 g/mol. The number of hydrogen-bond donors (Lipinski definition) is 0. The van der Waals surface area contributed by atoms with Gasteiger partial charge in [0.2, 0.25) is 0 Å². The molecule has 0 aliphatic carbocycles. The molecule has 1 aliphatic heterocycles. The van der Waals surface area contributed by atoms with Crippen molar-refractivity contribution >= 4 is 19.7 Å². The van der Waals surface area contributed by atoms with E-state index >= 15 is 0 Å². The summed E-state index contributed by atoms with van der Waals surface area (Å²) in [6, 6.07) is 39.7. The molecule has 14 nitrogen and oxygen atoms in total. The lowest BCUT2D eigenvalue weighted by molar-refractivity contribution is -0.0912. The first-order chi connectivity index (χ1) is 31.7. The van der Waals surface area contributed by atoms with E-state index in [0.29, 0.717) is 40.5 Å². The van der Waals surface area contributed by atoms with Gasteiger partial charge in [-0.05, 0) is 92.9 Å². The third-order valence-corrected chi connectivity index (χ3v) is 13.4. The van der Waals surface area contributed by atoms with Crippen molar-refractivity contribution in [3.05, 3.63) is 151 Å². The normalized spacial score (nSPS) is 16.9. The Labute approximate surface area is 381 Å². The van der Waals surface area contributed by atoms with Gasteiger partial charge in [0, 0.05) is 30.9 Å². The first-order valence-electron chi connectivity index (χ1n) is 21.7. The lowest BCUT2D eigenvalue weighted by atomic mass is 9.80. The minimum Gasteiger partial charge on any atom is -0.497 e. The number of nitriles is 1. The van der Waals surface area contributed by atoms with Crippen molar-refractivity contribution in [3.8, 4) is 40.5 Å². The van der Waals surface area contributed by atoms with Crippen LogP contribution in [0.4, 0.5) is 0 Å². The summed E-state index contributed by atoms with van der Waals surface area (Å²) < 4.78 is 43.6. The Kier molecular flexibility index (Phi) is 14.5. The van der Waals surface area contributed by atoms with Crippen LogP contribution in [0.25, 0.3) is 34.1 Å². The Morgan fingerprint density at radius 2 is 1.37 bits per heavy atom. The maximum Gasteiger partial charge on any atom is 0.259 e. The van der Waals surface area contributed by atoms with Crippen molar-refractivity contribution in [2.75, 3.05) is 27.4 Å². The van der Waals surface area contributed by atoms with E-state index in [2.05, 4.69) is 60.5 Å². The number of benzene rings is 3. The van der Waals surface area contributed by atoms with E-state index in [1.54, 1.807) is 32.9 Å². The molecule has 65 heavy (non-hydrogen) atoms. The highest BCUT2D eigenvalue weighted by Gasteiger charge is 2.45. The van der Waals surface area contributed by atoms with Crippen LogP contribution in [0.1, 0.15) is 63.5 Å². The van der Waals surface area contributed by atoms with E-state index in [1.807, 2.05) is 108 Å². The minimum absolute atomic E-state index is 0.0798. The predicted molar refractivity (Wildman–Crippen MR) is 249 cm³/mol. The zero-order valence-corrected chi connectivity index (χ0v) is 38.3. The van der Waals surface area contributed by atoms with Crippen LogP contribution in [0.3, 0.4) is 0 Å². The van der Waals surface area contributed by atoms with Crippen molar-refractivity contribution in [2.45, 2.75) is 76.7 Å². The molecule has 5 heterocycles. The highest BCUT2D eigenvalue weighted by atomic mass is 31.2. The molecule has 4 atom stereocenters. The molecular formula is C50H53N8O6P. The van der Waals surface area contributed by atoms with Gasteiger partial charge in [-0.2, -0.15) is 5.26 Å². The van der Waals surface area contributed by atoms with Gasteiger partial charge in [-0.15, -0.1) is 0 Å². The third-order valence-electron chi connectivity index (χ3n) is 11.2. The molecule has 1 aliphatic rings. The molecular weight excluding hydrogens is 840 g/mol. The van der Waals surface area contributed by atoms with E-state index < -0.39 is 32.6 Å². The van der Waals surface area contributed by atoms with Gasteiger partial charge in [0.25, 0.3) is 8.53 Å². The van der Waals surface area contributed by atoms with Gasteiger partial charge in [0.1, 0.15) is 46.3 Å². The Balaban J connectivity index is 1.24. The number of aromatic nitrogens is 6. The SMILES string of the molecule is COc1ccc(C(OC[C@H]2O[C@@H](n3cnc4c(-c5ccccn5)nc(-c5ccccn5)nc43)C[C@@H]2OP(OCCC#N)N(C(C)C)C(C)C)(c2ccccc2)c2ccc(OC)cc2)cc1. The predicted octanol–water partition coefficient (Wildman–Crippen LogP) is 9.92. The zero-order chi connectivity index (χ0) is 45.3. The molecule has 15 heteroatoms. The topological polar surface area (TPSA) is 152 Å². The van der Waals surface area contributed by atoms with Crippen LogP contribution in [0.15, 0.2) is 134 Å². The molecule has 7 aromatic rings. The first kappa shape index (κ1) is 45.4. The van der Waals surface area contributed by atoms with Crippen molar-refractivity contribution in [3.63, 3.8) is 0 Å². The van der Waals surface area contributed by atoms with E-state index in [0.717, 1.165) is 28.2 Å². The van der Waals surface area contributed by atoms with Crippen molar-refractivity contribution in [1.82, 2.24) is 34.2 Å². The number of nitrogens with zero attached hydrogens (tertiary/aromatic N) is 8. The fourth-order valence-corrected chi connectivity index (χ4v) is 10.0. The summed E-state index contributed by atoms with van der Waals surface area (Å²) in [6.45, 7) is 8.79. The lowest BCUT2D eigenvalue weighted by Gasteiger charge is -2.39. The van der Waals surface area contributed by atoms with Gasteiger partial charge in [0.05, 0.1) is 58.0 Å². The van der Waals surface area contributed by atoms with E-state index in [9.17, 15) is 5.26 Å². The first-order valence-corrected chi connectivity index (χ1v) is 22.8. The summed E-state index contributed by atoms with van der Waals surface area (Å²) in [5.41, 5.74) is 4.52. The fourth-order valence-electron chi connectivity index (χ4n) is 8.24. The van der Waals surface area contributed by atoms with Crippen LogP contribution in [0, 0.1) is 11.3 Å². The molecule has 4 aromatic heterocycles. The van der Waals surface area contributed by atoms with E-state index in [-0.39, 0.29) is 31.7 Å².